The molecule has 4 N–H and O–H groups in total. The Hall–Kier alpha value is -3.58. The van der Waals surface area contributed by atoms with E-state index in [4.69, 9.17) is 4.74 Å². The molecule has 41 heavy (non-hydrogen) atoms. The number of nitrogens with one attached hydrogen (secondary N) is 1. The Bertz CT molecular complexity index is 1280. The molecule has 0 unspecified atom stereocenters. The standard InChI is InChI=1S/C26H35N6O8P/c1-40-19-9-10-32(17-19)22-16-21(27-23(29-22)18-6-3-2-4-7-18)24(33)28-20(8-5-15-41(37,38)39)25(34)30-11-13-31(14-12-30)26(35)36/h2-4,6-7,16,19-20H,5,8-15,17H2,1H3,(H,28,33)(H,35,36)(H2,37,38,39)/t19-,20-/m0/s1. The zero-order chi connectivity index (χ0) is 29.6. The first-order chi connectivity index (χ1) is 19.5. The van der Waals surface area contributed by atoms with Crippen LogP contribution in [0.25, 0.3) is 11.4 Å². The molecule has 3 amide bonds. The van der Waals surface area contributed by atoms with Crippen LogP contribution in [-0.4, -0.2) is 117 Å². The van der Waals surface area contributed by atoms with Gasteiger partial charge in [0.15, 0.2) is 5.82 Å². The Morgan fingerprint density at radius 2 is 1.76 bits per heavy atom. The van der Waals surface area contributed by atoms with Crippen molar-refractivity contribution in [2.24, 2.45) is 0 Å². The zero-order valence-corrected chi connectivity index (χ0v) is 23.7. The van der Waals surface area contributed by atoms with E-state index in [2.05, 4.69) is 15.3 Å². The number of piperazine rings is 1. The minimum absolute atomic E-state index is 0.00741. The molecule has 2 saturated heterocycles. The second-order valence-electron chi connectivity index (χ2n) is 10.0. The predicted octanol–water partition coefficient (Wildman–Crippen LogP) is 1.25. The Labute approximate surface area is 237 Å². The quantitative estimate of drug-likeness (QED) is 0.292. The fourth-order valence-corrected chi connectivity index (χ4v) is 5.48. The van der Waals surface area contributed by atoms with Crippen LogP contribution < -0.4 is 10.2 Å². The number of carbonyl (C=O) groups is 3. The maximum atomic E-state index is 13.6. The van der Waals surface area contributed by atoms with E-state index >= 15 is 0 Å². The predicted molar refractivity (Wildman–Crippen MR) is 149 cm³/mol. The van der Waals surface area contributed by atoms with Gasteiger partial charge in [-0.15, -0.1) is 0 Å². The van der Waals surface area contributed by atoms with Crippen molar-refractivity contribution in [1.29, 1.82) is 0 Å². The lowest BCUT2D eigenvalue weighted by Gasteiger charge is -2.35. The highest BCUT2D eigenvalue weighted by Gasteiger charge is 2.31. The number of ether oxygens (including phenoxy) is 1. The Morgan fingerprint density at radius 3 is 2.37 bits per heavy atom. The van der Waals surface area contributed by atoms with Gasteiger partial charge in [0, 0.05) is 64.2 Å². The second kappa shape index (κ2) is 13.4. The van der Waals surface area contributed by atoms with Crippen molar-refractivity contribution < 1.29 is 38.6 Å². The molecule has 0 bridgehead atoms. The fourth-order valence-electron chi connectivity index (χ4n) is 4.89. The van der Waals surface area contributed by atoms with Crippen LogP contribution in [0.2, 0.25) is 0 Å². The maximum absolute atomic E-state index is 13.6. The van der Waals surface area contributed by atoms with Gasteiger partial charge in [-0.2, -0.15) is 0 Å². The lowest BCUT2D eigenvalue weighted by atomic mass is 10.1. The fraction of sp³-hybridized carbons (Fsp3) is 0.500. The summed E-state index contributed by atoms with van der Waals surface area (Å²) in [5, 5.41) is 11.9. The highest BCUT2D eigenvalue weighted by Crippen LogP contribution is 2.35. The van der Waals surface area contributed by atoms with Gasteiger partial charge in [0.2, 0.25) is 5.91 Å². The average Bonchev–Trinajstić information content (AvgIpc) is 3.45. The summed E-state index contributed by atoms with van der Waals surface area (Å²) in [6, 6.07) is 9.65. The topological polar surface area (TPSA) is 186 Å². The first-order valence-corrected chi connectivity index (χ1v) is 15.2. The second-order valence-corrected chi connectivity index (χ2v) is 11.8. The monoisotopic (exact) mass is 590 g/mol. The number of benzene rings is 1. The Balaban J connectivity index is 1.58. The van der Waals surface area contributed by atoms with Crippen LogP contribution >= 0.6 is 7.60 Å². The van der Waals surface area contributed by atoms with Gasteiger partial charge in [-0.3, -0.25) is 14.2 Å². The molecular formula is C26H35N6O8P. The Morgan fingerprint density at radius 1 is 1.07 bits per heavy atom. The van der Waals surface area contributed by atoms with Gasteiger partial charge in [-0.1, -0.05) is 30.3 Å². The third-order valence-corrected chi connectivity index (χ3v) is 8.09. The van der Waals surface area contributed by atoms with Crippen molar-refractivity contribution in [3.8, 4) is 11.4 Å². The number of methoxy groups -OCH3 is 1. The van der Waals surface area contributed by atoms with Crippen molar-refractivity contribution >= 4 is 31.3 Å². The van der Waals surface area contributed by atoms with Crippen LogP contribution in [0.1, 0.15) is 29.8 Å². The molecular weight excluding hydrogens is 555 g/mol. The molecule has 15 heteroatoms. The van der Waals surface area contributed by atoms with Crippen LogP contribution in [0.15, 0.2) is 36.4 Å². The van der Waals surface area contributed by atoms with E-state index in [-0.39, 0.29) is 50.8 Å². The van der Waals surface area contributed by atoms with Crippen LogP contribution in [0.5, 0.6) is 0 Å². The minimum Gasteiger partial charge on any atom is -0.465 e. The highest BCUT2D eigenvalue weighted by molar-refractivity contribution is 7.51. The van der Waals surface area contributed by atoms with Crippen molar-refractivity contribution in [2.45, 2.75) is 31.4 Å². The number of aromatic nitrogens is 2. The summed E-state index contributed by atoms with van der Waals surface area (Å²) in [5.74, 6) is -0.206. The molecule has 0 spiro atoms. The summed E-state index contributed by atoms with van der Waals surface area (Å²) in [5.41, 5.74) is 0.745. The van der Waals surface area contributed by atoms with Gasteiger partial charge in [0.05, 0.1) is 6.10 Å². The molecule has 1 aromatic carbocycles. The minimum atomic E-state index is -4.31. The molecule has 2 fully saturated rings. The largest absolute Gasteiger partial charge is 0.465 e. The number of rotatable bonds is 10. The molecule has 222 valence electrons. The number of hydrogen-bond donors (Lipinski definition) is 4. The molecule has 0 aliphatic carbocycles. The summed E-state index contributed by atoms with van der Waals surface area (Å²) in [6.07, 6.45) is -0.710. The summed E-state index contributed by atoms with van der Waals surface area (Å²) in [4.78, 5) is 70.7. The van der Waals surface area contributed by atoms with E-state index in [0.29, 0.717) is 30.3 Å². The lowest BCUT2D eigenvalue weighted by Crippen LogP contribution is -2.55. The molecule has 2 aliphatic heterocycles. The summed E-state index contributed by atoms with van der Waals surface area (Å²) in [7, 11) is -2.66. The number of amides is 3. The van der Waals surface area contributed by atoms with Crippen molar-refractivity contribution in [1.82, 2.24) is 25.1 Å². The smallest absolute Gasteiger partial charge is 0.407 e. The third kappa shape index (κ3) is 8.23. The number of carboxylic acid groups (broad SMARTS) is 1. The van der Waals surface area contributed by atoms with Crippen LogP contribution in [0.3, 0.4) is 0 Å². The van der Waals surface area contributed by atoms with Crippen molar-refractivity contribution in [3.63, 3.8) is 0 Å². The van der Waals surface area contributed by atoms with Gasteiger partial charge < -0.3 is 39.6 Å². The third-order valence-electron chi connectivity index (χ3n) is 7.19. The first kappa shape index (κ1) is 30.4. The summed E-state index contributed by atoms with van der Waals surface area (Å²) >= 11 is 0. The molecule has 0 saturated carbocycles. The van der Waals surface area contributed by atoms with Crippen LogP contribution in [0, 0.1) is 0 Å². The van der Waals surface area contributed by atoms with E-state index in [1.807, 2.05) is 35.2 Å². The molecule has 2 atom stereocenters. The molecule has 4 rings (SSSR count). The maximum Gasteiger partial charge on any atom is 0.407 e. The van der Waals surface area contributed by atoms with E-state index < -0.39 is 37.7 Å². The van der Waals surface area contributed by atoms with E-state index in [0.717, 1.165) is 6.42 Å². The molecule has 2 aromatic rings. The van der Waals surface area contributed by atoms with Gasteiger partial charge in [-0.05, 0) is 19.3 Å². The van der Waals surface area contributed by atoms with Crippen LogP contribution in [0.4, 0.5) is 10.6 Å². The molecule has 3 heterocycles. The molecule has 1 aromatic heterocycles. The normalized spacial score (nSPS) is 18.3. The number of carbonyl (C=O) groups excluding carboxylic acids is 2. The molecule has 0 radical (unpaired) electrons. The number of nitrogens with zero attached hydrogens (tertiary/aromatic N) is 5. The van der Waals surface area contributed by atoms with E-state index in [1.165, 1.54) is 9.80 Å². The number of anilines is 1. The molecule has 2 aliphatic rings. The van der Waals surface area contributed by atoms with Gasteiger partial charge in [0.1, 0.15) is 17.6 Å². The molecule has 14 nitrogen and oxygen atoms in total. The number of hydrogen-bond acceptors (Lipinski definition) is 8. The van der Waals surface area contributed by atoms with Crippen LogP contribution in [-0.2, 0) is 14.1 Å². The van der Waals surface area contributed by atoms with Crippen molar-refractivity contribution in [3.05, 3.63) is 42.1 Å². The van der Waals surface area contributed by atoms with Gasteiger partial charge in [0.25, 0.3) is 5.91 Å². The van der Waals surface area contributed by atoms with Gasteiger partial charge in [-0.25, -0.2) is 14.8 Å². The summed E-state index contributed by atoms with van der Waals surface area (Å²) < 4.78 is 16.9. The van der Waals surface area contributed by atoms with E-state index in [9.17, 15) is 33.8 Å². The Kier molecular flexibility index (Phi) is 9.92. The lowest BCUT2D eigenvalue weighted by molar-refractivity contribution is -0.135. The first-order valence-electron chi connectivity index (χ1n) is 13.4. The highest BCUT2D eigenvalue weighted by atomic mass is 31.2. The van der Waals surface area contributed by atoms with E-state index in [1.54, 1.807) is 13.2 Å². The average molecular weight is 591 g/mol. The van der Waals surface area contributed by atoms with Crippen molar-refractivity contribution in [2.75, 3.05) is 57.4 Å². The summed E-state index contributed by atoms with van der Waals surface area (Å²) in [6.45, 7) is 1.80. The SMILES string of the molecule is CO[C@H]1CCN(c2cc(C(=O)N[C@@H](CCCP(=O)(O)O)C(=O)N3CCN(C(=O)O)CC3)nc(-c3ccccc3)n2)C1. The van der Waals surface area contributed by atoms with Gasteiger partial charge >= 0.3 is 13.7 Å². The zero-order valence-electron chi connectivity index (χ0n) is 22.8.